The van der Waals surface area contributed by atoms with Crippen molar-refractivity contribution in [2.45, 2.75) is 38.1 Å². The summed E-state index contributed by atoms with van der Waals surface area (Å²) in [7, 11) is 0. The van der Waals surface area contributed by atoms with Crippen LogP contribution in [0, 0.1) is 11.3 Å². The number of nitrogens with zero attached hydrogens (tertiary/aromatic N) is 2. The summed E-state index contributed by atoms with van der Waals surface area (Å²) in [5.41, 5.74) is 7.99. The van der Waals surface area contributed by atoms with Crippen molar-refractivity contribution in [2.75, 3.05) is 18.0 Å². The normalized spacial score (nSPS) is 17.1. The second-order valence-corrected chi connectivity index (χ2v) is 5.35. The largest absolute Gasteiger partial charge is 0.371 e. The number of para-hydroxylation sites is 1. The van der Waals surface area contributed by atoms with Crippen molar-refractivity contribution in [3.05, 3.63) is 29.8 Å². The second kappa shape index (κ2) is 5.41. The fraction of sp³-hybridized carbons (Fsp3) is 0.533. The second-order valence-electron chi connectivity index (χ2n) is 5.35. The first-order valence-corrected chi connectivity index (χ1v) is 6.65. The van der Waals surface area contributed by atoms with Gasteiger partial charge in [-0.15, -0.1) is 0 Å². The summed E-state index contributed by atoms with van der Waals surface area (Å²) in [5.74, 6) is 0. The van der Waals surface area contributed by atoms with Crippen LogP contribution >= 0.6 is 0 Å². The Hall–Kier alpha value is -1.53. The Morgan fingerprint density at radius 3 is 2.94 bits per heavy atom. The molecule has 0 bridgehead atoms. The molecule has 96 valence electrons. The monoisotopic (exact) mass is 243 g/mol. The quantitative estimate of drug-likeness (QED) is 0.808. The molecule has 3 nitrogen and oxygen atoms in total. The van der Waals surface area contributed by atoms with Gasteiger partial charge in [-0.1, -0.05) is 18.2 Å². The summed E-state index contributed by atoms with van der Waals surface area (Å²) in [6, 6.07) is 10.8. The predicted octanol–water partition coefficient (Wildman–Crippen LogP) is 2.46. The van der Waals surface area contributed by atoms with E-state index >= 15 is 0 Å². The number of unbranched alkanes of at least 4 members (excludes halogenated alkanes) is 1. The zero-order valence-corrected chi connectivity index (χ0v) is 11.0. The molecule has 0 aliphatic carbocycles. The van der Waals surface area contributed by atoms with Gasteiger partial charge >= 0.3 is 0 Å². The van der Waals surface area contributed by atoms with Crippen LogP contribution < -0.4 is 10.6 Å². The molecule has 2 rings (SSSR count). The molecule has 1 aliphatic rings. The Labute approximate surface area is 109 Å². The third-order valence-corrected chi connectivity index (χ3v) is 3.61. The lowest BCUT2D eigenvalue weighted by Gasteiger charge is -2.20. The molecule has 1 aromatic carbocycles. The lowest BCUT2D eigenvalue weighted by molar-refractivity contribution is 0.508. The predicted molar refractivity (Wildman–Crippen MR) is 74.4 cm³/mol. The average Bonchev–Trinajstić information content (AvgIpc) is 2.78. The maximum absolute atomic E-state index is 8.85. The van der Waals surface area contributed by atoms with Crippen LogP contribution in [0.3, 0.4) is 0 Å². The topological polar surface area (TPSA) is 53.1 Å². The van der Waals surface area contributed by atoms with Gasteiger partial charge in [-0.3, -0.25) is 0 Å². The van der Waals surface area contributed by atoms with Gasteiger partial charge < -0.3 is 10.6 Å². The highest BCUT2D eigenvalue weighted by atomic mass is 15.1. The Balaban J connectivity index is 1.78. The smallest absolute Gasteiger partial charge is 0.101 e. The van der Waals surface area contributed by atoms with E-state index in [0.29, 0.717) is 0 Å². The molecule has 0 amide bonds. The minimum Gasteiger partial charge on any atom is -0.371 e. The van der Waals surface area contributed by atoms with Gasteiger partial charge in [0.05, 0.1) is 6.07 Å². The van der Waals surface area contributed by atoms with Crippen LogP contribution in [0.1, 0.15) is 31.7 Å². The Morgan fingerprint density at radius 2 is 2.17 bits per heavy atom. The molecule has 1 aliphatic heterocycles. The molecule has 1 aromatic rings. The number of hydrogen-bond acceptors (Lipinski definition) is 3. The van der Waals surface area contributed by atoms with Gasteiger partial charge in [-0.05, 0) is 44.2 Å². The first-order chi connectivity index (χ1) is 8.62. The van der Waals surface area contributed by atoms with Crippen LogP contribution in [0.4, 0.5) is 5.69 Å². The van der Waals surface area contributed by atoms with E-state index in [2.05, 4.69) is 35.2 Å². The van der Waals surface area contributed by atoms with Crippen molar-refractivity contribution in [1.82, 2.24) is 0 Å². The van der Waals surface area contributed by atoms with Crippen molar-refractivity contribution in [2.24, 2.45) is 5.73 Å². The van der Waals surface area contributed by atoms with Crippen LogP contribution in [0.5, 0.6) is 0 Å². The molecule has 0 saturated carbocycles. The van der Waals surface area contributed by atoms with Crippen LogP contribution in [0.15, 0.2) is 24.3 Å². The molecule has 18 heavy (non-hydrogen) atoms. The number of rotatable bonds is 5. The SMILES string of the molecule is CC(N)(C#N)CCCCN1CCc2ccccc21. The van der Waals surface area contributed by atoms with Crippen molar-refractivity contribution < 1.29 is 0 Å². The third kappa shape index (κ3) is 3.02. The van der Waals surface area contributed by atoms with E-state index in [0.717, 1.165) is 38.8 Å². The summed E-state index contributed by atoms with van der Waals surface area (Å²) in [6.45, 7) is 3.99. The Kier molecular flexibility index (Phi) is 3.88. The molecule has 0 saturated heterocycles. The zero-order chi connectivity index (χ0) is 13.0. The first kappa shape index (κ1) is 12.9. The maximum Gasteiger partial charge on any atom is 0.101 e. The molecular formula is C15H21N3. The molecule has 3 heteroatoms. The van der Waals surface area contributed by atoms with Crippen LogP contribution in [0.25, 0.3) is 0 Å². The van der Waals surface area contributed by atoms with Crippen molar-refractivity contribution in [3.8, 4) is 6.07 Å². The standard InChI is InChI=1S/C15H21N3/c1-15(17,12-16)9-4-5-10-18-11-8-13-6-2-3-7-14(13)18/h2-3,6-7H,4-5,8-11,17H2,1H3. The summed E-state index contributed by atoms with van der Waals surface area (Å²) in [6.07, 6.45) is 4.05. The molecule has 1 atom stereocenters. The van der Waals surface area contributed by atoms with E-state index in [1.807, 2.05) is 0 Å². The van der Waals surface area contributed by atoms with Crippen molar-refractivity contribution in [1.29, 1.82) is 5.26 Å². The van der Waals surface area contributed by atoms with Crippen LogP contribution in [-0.4, -0.2) is 18.6 Å². The highest BCUT2D eigenvalue weighted by molar-refractivity contribution is 5.57. The van der Waals surface area contributed by atoms with Gasteiger partial charge in [0.25, 0.3) is 0 Å². The molecule has 1 heterocycles. The highest BCUT2D eigenvalue weighted by Crippen LogP contribution is 2.27. The number of benzene rings is 1. The number of nitriles is 1. The molecule has 0 spiro atoms. The molecule has 0 radical (unpaired) electrons. The lowest BCUT2D eigenvalue weighted by atomic mass is 9.98. The Bertz CT molecular complexity index is 445. The molecule has 0 aromatic heterocycles. The average molecular weight is 243 g/mol. The molecule has 2 N–H and O–H groups in total. The third-order valence-electron chi connectivity index (χ3n) is 3.61. The van der Waals surface area contributed by atoms with Gasteiger partial charge in [0.1, 0.15) is 5.54 Å². The molecule has 0 fully saturated rings. The highest BCUT2D eigenvalue weighted by Gasteiger charge is 2.19. The number of fused-ring (bicyclic) bond motifs is 1. The lowest BCUT2D eigenvalue weighted by Crippen LogP contribution is -2.34. The van der Waals surface area contributed by atoms with Crippen LogP contribution in [0.2, 0.25) is 0 Å². The summed E-state index contributed by atoms with van der Waals surface area (Å²) in [5, 5.41) is 8.85. The van der Waals surface area contributed by atoms with E-state index in [-0.39, 0.29) is 0 Å². The van der Waals surface area contributed by atoms with E-state index < -0.39 is 5.54 Å². The van der Waals surface area contributed by atoms with E-state index in [1.165, 1.54) is 11.3 Å². The number of hydrogen-bond donors (Lipinski definition) is 1. The summed E-state index contributed by atoms with van der Waals surface area (Å²) < 4.78 is 0. The summed E-state index contributed by atoms with van der Waals surface area (Å²) >= 11 is 0. The van der Waals surface area contributed by atoms with Gasteiger partial charge in [0.2, 0.25) is 0 Å². The van der Waals surface area contributed by atoms with Crippen LogP contribution in [-0.2, 0) is 6.42 Å². The van der Waals surface area contributed by atoms with Crippen molar-refractivity contribution >= 4 is 5.69 Å². The zero-order valence-electron chi connectivity index (χ0n) is 11.0. The van der Waals surface area contributed by atoms with E-state index in [9.17, 15) is 0 Å². The van der Waals surface area contributed by atoms with Gasteiger partial charge in [0, 0.05) is 18.8 Å². The van der Waals surface area contributed by atoms with Gasteiger partial charge in [0.15, 0.2) is 0 Å². The minimum absolute atomic E-state index is 0.664. The fourth-order valence-corrected chi connectivity index (χ4v) is 2.49. The Morgan fingerprint density at radius 1 is 1.39 bits per heavy atom. The van der Waals surface area contributed by atoms with Gasteiger partial charge in [-0.2, -0.15) is 5.26 Å². The summed E-state index contributed by atoms with van der Waals surface area (Å²) in [4.78, 5) is 2.44. The molecule has 1 unspecified atom stereocenters. The van der Waals surface area contributed by atoms with E-state index in [1.54, 1.807) is 6.92 Å². The maximum atomic E-state index is 8.85. The fourth-order valence-electron chi connectivity index (χ4n) is 2.49. The van der Waals surface area contributed by atoms with Crippen molar-refractivity contribution in [3.63, 3.8) is 0 Å². The van der Waals surface area contributed by atoms with Gasteiger partial charge in [-0.25, -0.2) is 0 Å². The number of nitrogens with two attached hydrogens (primary N) is 1. The first-order valence-electron chi connectivity index (χ1n) is 6.65. The minimum atomic E-state index is -0.664. The molecular weight excluding hydrogens is 222 g/mol. The number of anilines is 1. The van der Waals surface area contributed by atoms with E-state index in [4.69, 9.17) is 11.0 Å².